The predicted molar refractivity (Wildman–Crippen MR) is 142 cm³/mol. The van der Waals surface area contributed by atoms with E-state index in [1.807, 2.05) is 48.5 Å². The number of likely N-dealkylation sites (N-methyl/N-ethyl adjacent to an activating group) is 1. The van der Waals surface area contributed by atoms with Crippen molar-refractivity contribution in [1.82, 2.24) is 29.7 Å². The lowest BCUT2D eigenvalue weighted by Gasteiger charge is -2.32. The maximum atomic E-state index is 12.9. The largest absolute Gasteiger partial charge is 0.337 e. The molecule has 1 amide bonds. The molecule has 0 radical (unpaired) electrons. The summed E-state index contributed by atoms with van der Waals surface area (Å²) in [6.07, 6.45) is 1.71. The van der Waals surface area contributed by atoms with Gasteiger partial charge in [-0.15, -0.1) is 0 Å². The summed E-state index contributed by atoms with van der Waals surface area (Å²) in [5.74, 6) is 0.460. The molecule has 180 valence electrons. The van der Waals surface area contributed by atoms with Crippen LogP contribution in [0, 0.1) is 0 Å². The number of para-hydroxylation sites is 2. The molecule has 5 aromatic rings. The van der Waals surface area contributed by atoms with Gasteiger partial charge in [0.05, 0.1) is 28.3 Å². The van der Waals surface area contributed by atoms with Crippen LogP contribution in [0.5, 0.6) is 0 Å². The van der Waals surface area contributed by atoms with E-state index in [-0.39, 0.29) is 5.91 Å². The van der Waals surface area contributed by atoms with Gasteiger partial charge in [-0.2, -0.15) is 0 Å². The molecule has 1 fully saturated rings. The Balaban J connectivity index is 1.15. The number of nitrogens with zero attached hydrogens (tertiary/aromatic N) is 5. The molecule has 2 aromatic heterocycles. The van der Waals surface area contributed by atoms with Crippen LogP contribution in [0.25, 0.3) is 33.6 Å². The molecular formula is C28H27N7O. The van der Waals surface area contributed by atoms with Crippen LogP contribution in [-0.4, -0.2) is 68.9 Å². The van der Waals surface area contributed by atoms with Gasteiger partial charge >= 0.3 is 0 Å². The van der Waals surface area contributed by atoms with Gasteiger partial charge in [-0.05, 0) is 55.1 Å². The quantitative estimate of drug-likeness (QED) is 0.395. The maximum Gasteiger partial charge on any atom is 0.255 e. The molecule has 3 heterocycles. The van der Waals surface area contributed by atoms with Gasteiger partial charge in [-0.25, -0.2) is 9.97 Å². The second-order valence-corrected chi connectivity index (χ2v) is 9.29. The van der Waals surface area contributed by atoms with E-state index in [0.29, 0.717) is 17.1 Å². The third-order valence-corrected chi connectivity index (χ3v) is 6.65. The normalized spacial score (nSPS) is 14.9. The molecule has 36 heavy (non-hydrogen) atoms. The highest BCUT2D eigenvalue weighted by Gasteiger charge is 2.15. The van der Waals surface area contributed by atoms with Gasteiger partial charge < -0.3 is 15.2 Å². The molecule has 6 rings (SSSR count). The molecule has 0 unspecified atom stereocenters. The number of nitrogens with one attached hydrogen (secondary N) is 2. The number of fused-ring (bicyclic) bond motifs is 2. The summed E-state index contributed by atoms with van der Waals surface area (Å²) < 4.78 is 0. The van der Waals surface area contributed by atoms with Gasteiger partial charge in [0.25, 0.3) is 5.91 Å². The number of piperazine rings is 1. The molecule has 3 aromatic carbocycles. The Labute approximate surface area is 209 Å². The van der Waals surface area contributed by atoms with Crippen molar-refractivity contribution >= 4 is 33.7 Å². The fraction of sp³-hybridized carbons (Fsp3) is 0.214. The molecule has 1 aliphatic rings. The Morgan fingerprint density at radius 1 is 0.917 bits per heavy atom. The number of aromatic nitrogens is 4. The standard InChI is InChI=1S/C28H27N7O/c1-34-12-14-35(15-13-34)18-19-6-9-21(10-7-19)30-28(36)20-8-11-24-25(16-20)33-27(32-24)26-17-29-22-4-2-3-5-23(22)31-26/h2-11,16-17H,12-15,18H2,1H3,(H,30,36)(H,32,33). The van der Waals surface area contributed by atoms with Gasteiger partial charge in [0.2, 0.25) is 0 Å². The number of anilines is 1. The van der Waals surface area contributed by atoms with Gasteiger partial charge in [0.1, 0.15) is 5.69 Å². The van der Waals surface area contributed by atoms with Gasteiger partial charge in [0, 0.05) is 44.0 Å². The summed E-state index contributed by atoms with van der Waals surface area (Å²) >= 11 is 0. The molecule has 0 spiro atoms. The highest BCUT2D eigenvalue weighted by Crippen LogP contribution is 2.22. The van der Waals surface area contributed by atoms with Crippen molar-refractivity contribution in [2.75, 3.05) is 38.5 Å². The Bertz CT molecular complexity index is 1540. The summed E-state index contributed by atoms with van der Waals surface area (Å²) in [4.78, 5) is 34.8. The third kappa shape index (κ3) is 4.68. The number of imidazole rings is 1. The zero-order valence-electron chi connectivity index (χ0n) is 20.1. The summed E-state index contributed by atoms with van der Waals surface area (Å²) in [7, 11) is 2.16. The molecule has 0 atom stereocenters. The van der Waals surface area contributed by atoms with E-state index >= 15 is 0 Å². The predicted octanol–water partition coefficient (Wildman–Crippen LogP) is 4.17. The minimum Gasteiger partial charge on any atom is -0.337 e. The smallest absolute Gasteiger partial charge is 0.255 e. The van der Waals surface area contributed by atoms with Crippen LogP contribution >= 0.6 is 0 Å². The third-order valence-electron chi connectivity index (χ3n) is 6.65. The van der Waals surface area contributed by atoms with Crippen LogP contribution in [0.4, 0.5) is 5.69 Å². The lowest BCUT2D eigenvalue weighted by atomic mass is 10.1. The van der Waals surface area contributed by atoms with Crippen LogP contribution in [0.2, 0.25) is 0 Å². The summed E-state index contributed by atoms with van der Waals surface area (Å²) in [6, 6.07) is 21.3. The van der Waals surface area contributed by atoms with E-state index in [2.05, 4.69) is 54.2 Å². The number of rotatable bonds is 5. The highest BCUT2D eigenvalue weighted by atomic mass is 16.1. The highest BCUT2D eigenvalue weighted by molar-refractivity contribution is 6.06. The van der Waals surface area contributed by atoms with E-state index < -0.39 is 0 Å². The molecule has 8 heteroatoms. The summed E-state index contributed by atoms with van der Waals surface area (Å²) in [5, 5.41) is 3.00. The molecule has 1 saturated heterocycles. The van der Waals surface area contributed by atoms with E-state index in [0.717, 1.165) is 60.5 Å². The molecule has 0 bridgehead atoms. The first-order valence-corrected chi connectivity index (χ1v) is 12.1. The van der Waals surface area contributed by atoms with Gasteiger partial charge in [-0.1, -0.05) is 24.3 Å². The van der Waals surface area contributed by atoms with Crippen molar-refractivity contribution in [1.29, 1.82) is 0 Å². The lowest BCUT2D eigenvalue weighted by molar-refractivity contribution is 0.102. The number of H-pyrrole nitrogens is 1. The van der Waals surface area contributed by atoms with Gasteiger partial charge in [0.15, 0.2) is 5.82 Å². The van der Waals surface area contributed by atoms with Crippen molar-refractivity contribution in [3.05, 3.63) is 84.1 Å². The number of hydrogen-bond donors (Lipinski definition) is 2. The van der Waals surface area contributed by atoms with Crippen LogP contribution in [0.1, 0.15) is 15.9 Å². The number of carbonyl (C=O) groups excluding carboxylic acids is 1. The lowest BCUT2D eigenvalue weighted by Crippen LogP contribution is -2.43. The second kappa shape index (κ2) is 9.49. The minimum atomic E-state index is -0.162. The fourth-order valence-electron chi connectivity index (χ4n) is 4.50. The Kier molecular flexibility index (Phi) is 5.88. The van der Waals surface area contributed by atoms with Crippen LogP contribution in [0.15, 0.2) is 72.9 Å². The average Bonchev–Trinajstić information content (AvgIpc) is 3.34. The number of aromatic amines is 1. The first kappa shape index (κ1) is 22.3. The average molecular weight is 478 g/mol. The zero-order valence-corrected chi connectivity index (χ0v) is 20.1. The molecular weight excluding hydrogens is 450 g/mol. The first-order chi connectivity index (χ1) is 17.6. The Morgan fingerprint density at radius 3 is 2.50 bits per heavy atom. The molecule has 0 saturated carbocycles. The van der Waals surface area contributed by atoms with Crippen molar-refractivity contribution in [3.8, 4) is 11.5 Å². The first-order valence-electron chi connectivity index (χ1n) is 12.1. The molecule has 1 aliphatic heterocycles. The van der Waals surface area contributed by atoms with Crippen LogP contribution in [0.3, 0.4) is 0 Å². The number of amides is 1. The summed E-state index contributed by atoms with van der Waals surface area (Å²) in [5.41, 5.74) is 6.43. The number of benzene rings is 3. The van der Waals surface area contributed by atoms with E-state index in [4.69, 9.17) is 0 Å². The van der Waals surface area contributed by atoms with Crippen molar-refractivity contribution in [3.63, 3.8) is 0 Å². The van der Waals surface area contributed by atoms with Crippen molar-refractivity contribution in [2.24, 2.45) is 0 Å². The zero-order chi connectivity index (χ0) is 24.5. The molecule has 8 nitrogen and oxygen atoms in total. The van der Waals surface area contributed by atoms with E-state index in [1.54, 1.807) is 12.3 Å². The van der Waals surface area contributed by atoms with Crippen molar-refractivity contribution < 1.29 is 4.79 Å². The van der Waals surface area contributed by atoms with Crippen molar-refractivity contribution in [2.45, 2.75) is 6.54 Å². The SMILES string of the molecule is CN1CCN(Cc2ccc(NC(=O)c3ccc4nc(-c5cnc6ccccc6n5)[nH]c4c3)cc2)CC1. The Hall–Kier alpha value is -4.14. The fourth-order valence-corrected chi connectivity index (χ4v) is 4.50. The number of hydrogen-bond acceptors (Lipinski definition) is 6. The maximum absolute atomic E-state index is 12.9. The topological polar surface area (TPSA) is 90.0 Å². The van der Waals surface area contributed by atoms with E-state index in [1.165, 1.54) is 5.56 Å². The second-order valence-electron chi connectivity index (χ2n) is 9.29. The number of carbonyl (C=O) groups is 1. The molecule has 0 aliphatic carbocycles. The van der Waals surface area contributed by atoms with E-state index in [9.17, 15) is 4.79 Å². The van der Waals surface area contributed by atoms with Gasteiger partial charge in [-0.3, -0.25) is 14.7 Å². The van der Waals surface area contributed by atoms with Crippen LogP contribution < -0.4 is 5.32 Å². The summed E-state index contributed by atoms with van der Waals surface area (Å²) in [6.45, 7) is 5.31. The monoisotopic (exact) mass is 477 g/mol. The Morgan fingerprint density at radius 2 is 1.69 bits per heavy atom. The molecule has 2 N–H and O–H groups in total. The van der Waals surface area contributed by atoms with Crippen LogP contribution in [-0.2, 0) is 6.54 Å². The minimum absolute atomic E-state index is 0.162.